The fraction of sp³-hybridized carbons (Fsp3) is 0.333. The van der Waals surface area contributed by atoms with Gasteiger partial charge in [-0.3, -0.25) is 0 Å². The van der Waals surface area contributed by atoms with Gasteiger partial charge in [0.2, 0.25) is 0 Å². The van der Waals surface area contributed by atoms with Gasteiger partial charge < -0.3 is 14.7 Å². The van der Waals surface area contributed by atoms with Crippen LogP contribution in [0.25, 0.3) is 11.3 Å². The van der Waals surface area contributed by atoms with E-state index in [2.05, 4.69) is 0 Å². The van der Waals surface area contributed by atoms with Gasteiger partial charge >= 0.3 is 0 Å². The first-order chi connectivity index (χ1) is 9.63. The van der Waals surface area contributed by atoms with Crippen LogP contribution in [0.3, 0.4) is 0 Å². The second-order valence-electron chi connectivity index (χ2n) is 5.00. The van der Waals surface area contributed by atoms with Crippen molar-refractivity contribution in [3.8, 4) is 17.0 Å². The smallest absolute Gasteiger partial charge is 0.289 e. The highest BCUT2D eigenvalue weighted by Crippen LogP contribution is 2.26. The topological polar surface area (TPSA) is 60.2 Å². The number of hydrogen-bond donors (Lipinski definition) is 0. The molecule has 104 valence electrons. The maximum atomic E-state index is 12.5. The Labute approximate surface area is 116 Å². The van der Waals surface area contributed by atoms with E-state index in [4.69, 9.17) is 4.74 Å². The van der Waals surface area contributed by atoms with Gasteiger partial charge in [0.25, 0.3) is 11.4 Å². The van der Waals surface area contributed by atoms with Crippen molar-refractivity contribution in [2.75, 3.05) is 7.11 Å². The van der Waals surface area contributed by atoms with Crippen LogP contribution in [0.4, 0.5) is 0 Å². The molecule has 0 unspecified atom stereocenters. The normalized spacial score (nSPS) is 13.3. The second kappa shape index (κ2) is 4.67. The molecule has 1 aromatic carbocycles. The summed E-state index contributed by atoms with van der Waals surface area (Å²) in [6.07, 6.45) is 2.22. The Morgan fingerprint density at radius 2 is 1.95 bits per heavy atom. The first-order valence-electron chi connectivity index (χ1n) is 6.65. The van der Waals surface area contributed by atoms with Gasteiger partial charge in [-0.05, 0) is 44.0 Å². The predicted molar refractivity (Wildman–Crippen MR) is 75.3 cm³/mol. The summed E-state index contributed by atoms with van der Waals surface area (Å²) in [7, 11) is 1.59. The molecular weight excluding hydrogens is 256 g/mol. The molecule has 0 aliphatic heterocycles. The van der Waals surface area contributed by atoms with Crippen LogP contribution in [0, 0.1) is 17.0 Å². The number of rotatable bonds is 2. The number of methoxy groups -OCH3 is 1. The van der Waals surface area contributed by atoms with E-state index in [1.165, 1.54) is 0 Å². The van der Waals surface area contributed by atoms with Gasteiger partial charge in [-0.25, -0.2) is 0 Å². The van der Waals surface area contributed by atoms with Crippen LogP contribution < -0.4 is 9.16 Å². The van der Waals surface area contributed by atoms with Gasteiger partial charge in [0, 0.05) is 11.3 Å². The summed E-state index contributed by atoms with van der Waals surface area (Å²) in [6.45, 7) is 1.69. The summed E-state index contributed by atoms with van der Waals surface area (Å²) in [5.41, 5.74) is 2.85. The molecule has 2 aromatic rings. The van der Waals surface area contributed by atoms with Crippen molar-refractivity contribution in [2.45, 2.75) is 26.2 Å². The molecular formula is C15H16N2O3. The number of hydrogen-bond acceptors (Lipinski definition) is 3. The highest BCUT2D eigenvalue weighted by Gasteiger charge is 2.29. The molecule has 1 aromatic heterocycles. The zero-order valence-electron chi connectivity index (χ0n) is 11.5. The highest BCUT2D eigenvalue weighted by molar-refractivity contribution is 5.60. The predicted octanol–water partition coefficient (Wildman–Crippen LogP) is 2.22. The summed E-state index contributed by atoms with van der Waals surface area (Å²) in [5.74, 6) is 0.722. The number of fused-ring (bicyclic) bond motifs is 1. The van der Waals surface area contributed by atoms with E-state index in [0.29, 0.717) is 35.6 Å². The molecule has 0 atom stereocenters. The first kappa shape index (κ1) is 12.7. The minimum absolute atomic E-state index is 0.434. The molecule has 5 nitrogen and oxygen atoms in total. The third-order valence-corrected chi connectivity index (χ3v) is 3.86. The molecule has 0 amide bonds. The summed E-state index contributed by atoms with van der Waals surface area (Å²) < 4.78 is 6.95. The van der Waals surface area contributed by atoms with Crippen molar-refractivity contribution < 1.29 is 9.16 Å². The number of ether oxygens (including phenoxy) is 1. The molecule has 0 saturated heterocycles. The lowest BCUT2D eigenvalue weighted by molar-refractivity contribution is -0.493. The molecule has 3 rings (SSSR count). The van der Waals surface area contributed by atoms with Crippen molar-refractivity contribution in [2.24, 2.45) is 0 Å². The van der Waals surface area contributed by atoms with Crippen LogP contribution in [0.15, 0.2) is 24.3 Å². The first-order valence-corrected chi connectivity index (χ1v) is 6.65. The zero-order chi connectivity index (χ0) is 14.3. The molecule has 0 fully saturated rings. The van der Waals surface area contributed by atoms with Crippen LogP contribution in [-0.2, 0) is 12.8 Å². The Kier molecular flexibility index (Phi) is 2.97. The highest BCUT2D eigenvalue weighted by atomic mass is 16.5. The van der Waals surface area contributed by atoms with E-state index in [1.54, 1.807) is 38.3 Å². The summed E-state index contributed by atoms with van der Waals surface area (Å²) in [4.78, 5) is 12.5. The van der Waals surface area contributed by atoms with Crippen molar-refractivity contribution in [3.05, 3.63) is 51.5 Å². The Balaban J connectivity index is 2.23. The Morgan fingerprint density at radius 3 is 2.60 bits per heavy atom. The Hall–Kier alpha value is -2.30. The van der Waals surface area contributed by atoms with Gasteiger partial charge in [0.05, 0.1) is 28.5 Å². The fourth-order valence-corrected chi connectivity index (χ4v) is 2.80. The average Bonchev–Trinajstić information content (AvgIpc) is 2.96. The van der Waals surface area contributed by atoms with E-state index >= 15 is 0 Å². The van der Waals surface area contributed by atoms with Gasteiger partial charge in [0.1, 0.15) is 5.75 Å². The van der Waals surface area contributed by atoms with Gasteiger partial charge in [-0.15, -0.1) is 0 Å². The van der Waals surface area contributed by atoms with Gasteiger partial charge in [0.15, 0.2) is 0 Å². The minimum atomic E-state index is 0.434. The average molecular weight is 272 g/mol. The van der Waals surface area contributed by atoms with Crippen LogP contribution in [0.5, 0.6) is 5.75 Å². The molecule has 1 aliphatic carbocycles. The van der Waals surface area contributed by atoms with E-state index in [0.717, 1.165) is 26.9 Å². The molecule has 20 heavy (non-hydrogen) atoms. The molecule has 1 heterocycles. The standard InChI is InChI=1S/C15H16N2O3/c1-10-15(11-6-8-12(20-2)9-7-11)17(19)14-5-3-4-13(14)16(10)18/h6-9H,3-5H2,1-2H3. The summed E-state index contributed by atoms with van der Waals surface area (Å²) >= 11 is 0. The van der Waals surface area contributed by atoms with Gasteiger partial charge in [-0.2, -0.15) is 0 Å². The van der Waals surface area contributed by atoms with E-state index in [-0.39, 0.29) is 0 Å². The quantitative estimate of drug-likeness (QED) is 0.787. The Morgan fingerprint density at radius 1 is 1.25 bits per heavy atom. The zero-order valence-corrected chi connectivity index (χ0v) is 11.5. The SMILES string of the molecule is COc1ccc(-c2c(C)n([O-])c3c([n+]2=O)CCC3)cc1. The summed E-state index contributed by atoms with van der Waals surface area (Å²) in [5, 5.41) is 12.3. The van der Waals surface area contributed by atoms with E-state index in [1.807, 2.05) is 0 Å². The van der Waals surface area contributed by atoms with Crippen LogP contribution in [0.1, 0.15) is 23.5 Å². The fourth-order valence-electron chi connectivity index (χ4n) is 2.80. The molecule has 1 aliphatic rings. The van der Waals surface area contributed by atoms with Gasteiger partial charge in [-0.1, -0.05) is 0 Å². The monoisotopic (exact) mass is 272 g/mol. The van der Waals surface area contributed by atoms with E-state index in [9.17, 15) is 10.1 Å². The third-order valence-electron chi connectivity index (χ3n) is 3.86. The van der Waals surface area contributed by atoms with Crippen molar-refractivity contribution in [3.63, 3.8) is 0 Å². The summed E-state index contributed by atoms with van der Waals surface area (Å²) in [6, 6.07) is 7.18. The van der Waals surface area contributed by atoms with Crippen LogP contribution >= 0.6 is 0 Å². The maximum Gasteiger partial charge on any atom is 0.289 e. The molecule has 0 saturated carbocycles. The van der Waals surface area contributed by atoms with Crippen molar-refractivity contribution >= 4 is 0 Å². The van der Waals surface area contributed by atoms with Crippen molar-refractivity contribution in [1.82, 2.24) is 4.73 Å². The molecule has 0 spiro atoms. The minimum Gasteiger partial charge on any atom is -0.805 e. The molecule has 0 bridgehead atoms. The second-order valence-corrected chi connectivity index (χ2v) is 5.00. The molecule has 0 N–H and O–H groups in total. The van der Waals surface area contributed by atoms with Crippen molar-refractivity contribution in [1.29, 1.82) is 0 Å². The number of benzene rings is 1. The van der Waals surface area contributed by atoms with E-state index < -0.39 is 0 Å². The number of nitrogens with zero attached hydrogens (tertiary/aromatic N) is 2. The maximum absolute atomic E-state index is 12.5. The van der Waals surface area contributed by atoms with Crippen LogP contribution in [-0.4, -0.2) is 11.8 Å². The lowest BCUT2D eigenvalue weighted by Crippen LogP contribution is -2.28. The largest absolute Gasteiger partial charge is 0.805 e. The third kappa shape index (κ3) is 1.78. The molecule has 0 radical (unpaired) electrons. The lowest BCUT2D eigenvalue weighted by atomic mass is 10.1. The van der Waals surface area contributed by atoms with Crippen LogP contribution in [0.2, 0.25) is 0 Å². The molecule has 5 heteroatoms. The number of aromatic nitrogens is 2. The lowest BCUT2D eigenvalue weighted by Gasteiger charge is -2.18. The Bertz CT molecular complexity index is 717.